The second kappa shape index (κ2) is 6.66. The highest BCUT2D eigenvalue weighted by Crippen LogP contribution is 2.16. The Labute approximate surface area is 108 Å². The van der Waals surface area contributed by atoms with Crippen LogP contribution in [-0.2, 0) is 11.3 Å². The summed E-state index contributed by atoms with van der Waals surface area (Å²) in [6.07, 6.45) is 4.03. The van der Waals surface area contributed by atoms with Crippen LogP contribution < -0.4 is 5.73 Å². The summed E-state index contributed by atoms with van der Waals surface area (Å²) in [5, 5.41) is 4.17. The average molecular weight is 253 g/mol. The van der Waals surface area contributed by atoms with Crippen LogP contribution in [0.1, 0.15) is 43.6 Å². The summed E-state index contributed by atoms with van der Waals surface area (Å²) in [7, 11) is 1.66. The first-order chi connectivity index (χ1) is 8.53. The summed E-state index contributed by atoms with van der Waals surface area (Å²) < 4.78 is 6.71. The number of hydrogen-bond acceptors (Lipinski definition) is 4. The third-order valence-electron chi connectivity index (χ3n) is 2.96. The molecular formula is C13H23N3O2. The first kappa shape index (κ1) is 14.9. The van der Waals surface area contributed by atoms with Crippen molar-refractivity contribution < 1.29 is 9.53 Å². The van der Waals surface area contributed by atoms with Crippen molar-refractivity contribution in [2.24, 2.45) is 5.73 Å². The summed E-state index contributed by atoms with van der Waals surface area (Å²) in [6, 6.07) is 1.73. The summed E-state index contributed by atoms with van der Waals surface area (Å²) in [5.74, 6) is -0.0423. The van der Waals surface area contributed by atoms with E-state index < -0.39 is 5.54 Å². The van der Waals surface area contributed by atoms with Gasteiger partial charge in [-0.05, 0) is 25.8 Å². The minimum absolute atomic E-state index is 0.0423. The lowest BCUT2D eigenvalue weighted by molar-refractivity contribution is 0.0880. The van der Waals surface area contributed by atoms with Gasteiger partial charge in [0.2, 0.25) is 0 Å². The highest BCUT2D eigenvalue weighted by atomic mass is 16.5. The van der Waals surface area contributed by atoms with E-state index in [-0.39, 0.29) is 5.78 Å². The van der Waals surface area contributed by atoms with Crippen LogP contribution in [0.2, 0.25) is 0 Å². The zero-order valence-corrected chi connectivity index (χ0v) is 11.5. The normalized spacial score (nSPS) is 14.4. The molecule has 1 rings (SSSR count). The second-order valence-electron chi connectivity index (χ2n) is 4.78. The van der Waals surface area contributed by atoms with Gasteiger partial charge < -0.3 is 10.5 Å². The Balaban J connectivity index is 2.77. The topological polar surface area (TPSA) is 70.1 Å². The van der Waals surface area contributed by atoms with Crippen LogP contribution in [0.15, 0.2) is 12.3 Å². The van der Waals surface area contributed by atoms with Crippen molar-refractivity contribution in [3.8, 4) is 0 Å². The van der Waals surface area contributed by atoms with E-state index in [4.69, 9.17) is 10.5 Å². The van der Waals surface area contributed by atoms with Crippen molar-refractivity contribution in [1.29, 1.82) is 0 Å². The van der Waals surface area contributed by atoms with Crippen LogP contribution in [0.25, 0.3) is 0 Å². The number of carbonyl (C=O) groups excluding carboxylic acids is 1. The van der Waals surface area contributed by atoms with Crippen LogP contribution in [-0.4, -0.2) is 34.8 Å². The van der Waals surface area contributed by atoms with Crippen LogP contribution in [0.4, 0.5) is 0 Å². The Morgan fingerprint density at radius 2 is 2.33 bits per heavy atom. The Bertz CT molecular complexity index is 385. The van der Waals surface area contributed by atoms with Gasteiger partial charge in [-0.2, -0.15) is 5.10 Å². The van der Waals surface area contributed by atoms with Gasteiger partial charge in [-0.25, -0.2) is 0 Å². The summed E-state index contributed by atoms with van der Waals surface area (Å²) in [6.45, 7) is 5.13. The van der Waals surface area contributed by atoms with Gasteiger partial charge in [0.05, 0.1) is 5.54 Å². The predicted molar refractivity (Wildman–Crippen MR) is 70.6 cm³/mol. The van der Waals surface area contributed by atoms with Gasteiger partial charge in [-0.3, -0.25) is 9.48 Å². The fraction of sp³-hybridized carbons (Fsp3) is 0.692. The molecule has 0 aliphatic heterocycles. The third-order valence-corrected chi connectivity index (χ3v) is 2.96. The van der Waals surface area contributed by atoms with Gasteiger partial charge in [0.15, 0.2) is 5.78 Å². The number of aromatic nitrogens is 2. The molecule has 0 aromatic carbocycles. The molecule has 0 saturated heterocycles. The molecule has 1 atom stereocenters. The van der Waals surface area contributed by atoms with Crippen LogP contribution in [0.5, 0.6) is 0 Å². The first-order valence-electron chi connectivity index (χ1n) is 6.37. The van der Waals surface area contributed by atoms with E-state index in [2.05, 4.69) is 5.10 Å². The van der Waals surface area contributed by atoms with Crippen molar-refractivity contribution >= 4 is 5.78 Å². The molecule has 1 unspecified atom stereocenters. The van der Waals surface area contributed by atoms with Crippen LogP contribution in [0.3, 0.4) is 0 Å². The molecule has 102 valence electrons. The number of carbonyl (C=O) groups is 1. The van der Waals surface area contributed by atoms with Crippen LogP contribution in [0, 0.1) is 0 Å². The van der Waals surface area contributed by atoms with E-state index in [0.29, 0.717) is 25.3 Å². The van der Waals surface area contributed by atoms with Gasteiger partial charge in [-0.15, -0.1) is 0 Å². The lowest BCUT2D eigenvalue weighted by Gasteiger charge is -2.22. The molecule has 0 aliphatic rings. The molecule has 0 fully saturated rings. The Hall–Kier alpha value is -1.20. The minimum atomic E-state index is -0.812. The van der Waals surface area contributed by atoms with E-state index in [9.17, 15) is 4.79 Å². The van der Waals surface area contributed by atoms with Crippen LogP contribution >= 0.6 is 0 Å². The number of ketones is 1. The molecule has 5 heteroatoms. The number of rotatable bonds is 8. The fourth-order valence-electron chi connectivity index (χ4n) is 1.99. The molecule has 0 aliphatic carbocycles. The molecule has 0 spiro atoms. The number of ether oxygens (including phenoxy) is 1. The van der Waals surface area contributed by atoms with E-state index in [1.165, 1.54) is 0 Å². The minimum Gasteiger partial charge on any atom is -0.385 e. The summed E-state index contributed by atoms with van der Waals surface area (Å²) in [5.41, 5.74) is 5.85. The molecule has 0 bridgehead atoms. The largest absolute Gasteiger partial charge is 0.385 e. The maximum absolute atomic E-state index is 12.4. The second-order valence-corrected chi connectivity index (χ2v) is 4.78. The van der Waals surface area contributed by atoms with E-state index >= 15 is 0 Å². The lowest BCUT2D eigenvalue weighted by Crippen LogP contribution is -2.45. The standard InChI is InChI=1S/C13H23N3O2/c1-4-7-13(2,14)12(17)11-6-8-15-16(11)9-5-10-18-3/h6,8H,4-5,7,9-10,14H2,1-3H3. The summed E-state index contributed by atoms with van der Waals surface area (Å²) >= 11 is 0. The highest BCUT2D eigenvalue weighted by Gasteiger charge is 2.30. The third kappa shape index (κ3) is 3.65. The zero-order chi connectivity index (χ0) is 13.6. The molecule has 1 aromatic heterocycles. The molecule has 18 heavy (non-hydrogen) atoms. The number of aryl methyl sites for hydroxylation is 1. The molecule has 2 N–H and O–H groups in total. The maximum atomic E-state index is 12.4. The quantitative estimate of drug-likeness (QED) is 0.564. The molecule has 0 amide bonds. The molecule has 1 heterocycles. The van der Waals surface area contributed by atoms with Crippen molar-refractivity contribution in [2.45, 2.75) is 45.2 Å². The van der Waals surface area contributed by atoms with Gasteiger partial charge in [0.25, 0.3) is 0 Å². The molecule has 1 aromatic rings. The Morgan fingerprint density at radius 3 is 2.94 bits per heavy atom. The predicted octanol–water partition coefficient (Wildman–Crippen LogP) is 1.62. The molecule has 0 radical (unpaired) electrons. The smallest absolute Gasteiger partial charge is 0.200 e. The molecule has 0 saturated carbocycles. The number of Topliss-reactive ketones (excluding diaryl/α,β-unsaturated/α-hetero) is 1. The molecule has 5 nitrogen and oxygen atoms in total. The molecular weight excluding hydrogens is 230 g/mol. The average Bonchev–Trinajstić information content (AvgIpc) is 2.76. The van der Waals surface area contributed by atoms with Crippen molar-refractivity contribution in [3.63, 3.8) is 0 Å². The number of hydrogen-bond donors (Lipinski definition) is 1. The maximum Gasteiger partial charge on any atom is 0.200 e. The number of nitrogens with two attached hydrogens (primary N) is 1. The number of methoxy groups -OCH3 is 1. The lowest BCUT2D eigenvalue weighted by atomic mass is 9.90. The fourth-order valence-corrected chi connectivity index (χ4v) is 1.99. The highest BCUT2D eigenvalue weighted by molar-refractivity contribution is 6.01. The van der Waals surface area contributed by atoms with Gasteiger partial charge in [-0.1, -0.05) is 13.3 Å². The zero-order valence-electron chi connectivity index (χ0n) is 11.5. The first-order valence-corrected chi connectivity index (χ1v) is 6.37. The summed E-state index contributed by atoms with van der Waals surface area (Å²) in [4.78, 5) is 12.4. The Kier molecular flexibility index (Phi) is 5.50. The van der Waals surface area contributed by atoms with Crippen molar-refractivity contribution in [3.05, 3.63) is 18.0 Å². The van der Waals surface area contributed by atoms with Gasteiger partial charge in [0.1, 0.15) is 5.69 Å². The van der Waals surface area contributed by atoms with Gasteiger partial charge >= 0.3 is 0 Å². The Morgan fingerprint density at radius 1 is 1.61 bits per heavy atom. The van der Waals surface area contributed by atoms with Gasteiger partial charge in [0, 0.05) is 26.5 Å². The van der Waals surface area contributed by atoms with Crippen molar-refractivity contribution in [1.82, 2.24) is 9.78 Å². The SMILES string of the molecule is CCCC(C)(N)C(=O)c1ccnn1CCCOC. The number of nitrogens with zero attached hydrogens (tertiary/aromatic N) is 2. The van der Waals surface area contributed by atoms with E-state index in [0.717, 1.165) is 12.8 Å². The van der Waals surface area contributed by atoms with E-state index in [1.807, 2.05) is 6.92 Å². The monoisotopic (exact) mass is 253 g/mol. The van der Waals surface area contributed by atoms with E-state index in [1.54, 1.807) is 31.0 Å². The van der Waals surface area contributed by atoms with Crippen molar-refractivity contribution in [2.75, 3.05) is 13.7 Å².